The zero-order chi connectivity index (χ0) is 102. The maximum Gasteiger partial charge on any atom is 0.327 e. The number of carbonyl (C=O) groups is 3. The Kier molecular flexibility index (Phi) is 131. The molecule has 0 aliphatic carbocycles. The van der Waals surface area contributed by atoms with Crippen molar-refractivity contribution < 1.29 is 122 Å². The number of carboxylic acid groups (broad SMARTS) is 2. The molecule has 0 saturated carbocycles. The van der Waals surface area contributed by atoms with Gasteiger partial charge in [0.05, 0.1) is 172 Å². The van der Waals surface area contributed by atoms with Crippen molar-refractivity contribution in [3.05, 3.63) is 0 Å². The summed E-state index contributed by atoms with van der Waals surface area (Å²) in [4.78, 5) is 34.1. The number of hydrogen-bond donors (Lipinski definition) is 4. The van der Waals surface area contributed by atoms with Crippen LogP contribution in [0.3, 0.4) is 0 Å². The number of ether oxygens (including phenoxy) is 16. The molecule has 0 aromatic heterocycles. The molecule has 808 valence electrons. The minimum Gasteiger partial charge on any atom is -0.748 e. The second-order valence-corrected chi connectivity index (χ2v) is 44.1. The zero-order valence-electron chi connectivity index (χ0n) is 89.0. The quantitative estimate of drug-likeness (QED) is 0.0250. The Morgan fingerprint density at radius 1 is 0.368 bits per heavy atom. The van der Waals surface area contributed by atoms with Gasteiger partial charge < -0.3 is 115 Å². The first-order valence-electron chi connectivity index (χ1n) is 49.1. The highest BCUT2D eigenvalue weighted by atomic mass is 32.2. The van der Waals surface area contributed by atoms with Crippen LogP contribution in [0.15, 0.2) is 0 Å². The Bertz CT molecular complexity index is 2400. The van der Waals surface area contributed by atoms with Gasteiger partial charge in [0.1, 0.15) is 6.04 Å². The molecule has 0 bridgehead atoms. The molecule has 0 aromatic rings. The molecule has 5 N–H and O–H groups in total. The van der Waals surface area contributed by atoms with E-state index in [4.69, 9.17) is 91.7 Å². The first kappa shape index (κ1) is 149. The average molecular weight is 2090 g/mol. The average Bonchev–Trinajstić information content (AvgIpc) is 0.966. The van der Waals surface area contributed by atoms with Crippen LogP contribution in [-0.2, 0) is 100 Å². The SMILES string of the molecule is CCCCSCCCOCC(C)OCC.CCC[N+](C)(C)CCSCCCOCC(C)OCC.CCOC(C)COCCCSCC(=O)O.CCOC(C)COCCCSCC(NC(C)=O)C(=O)O.CCOC(C)COCCCSCCN.CCOC(C)COCCCSCCN(C)C.CCOC(C)COCCCSCCS(=O)(=O)[O-].CCOC(C)COCCCSCC[N+](C)(C)C. The molecule has 9 unspecified atom stereocenters. The van der Waals surface area contributed by atoms with Crippen LogP contribution in [0, 0.1) is 0 Å². The van der Waals surface area contributed by atoms with Crippen LogP contribution in [0.4, 0.5) is 0 Å². The fourth-order valence-electron chi connectivity index (χ4n) is 10.3. The smallest absolute Gasteiger partial charge is 0.327 e. The molecule has 133 heavy (non-hydrogen) atoms. The van der Waals surface area contributed by atoms with Crippen LogP contribution >= 0.6 is 94.1 Å². The second kappa shape index (κ2) is 118. The molecule has 0 spiro atoms. The van der Waals surface area contributed by atoms with Gasteiger partial charge in [0.2, 0.25) is 5.91 Å². The van der Waals surface area contributed by atoms with E-state index in [1.54, 1.807) is 0 Å². The fraction of sp³-hybridized carbons (Fsp3) is 0.968. The van der Waals surface area contributed by atoms with Crippen molar-refractivity contribution in [2.24, 2.45) is 5.73 Å². The summed E-state index contributed by atoms with van der Waals surface area (Å²) in [5.41, 5.74) is 5.37. The van der Waals surface area contributed by atoms with E-state index in [-0.39, 0.29) is 66.2 Å². The Balaban J connectivity index is -0.000000224. The van der Waals surface area contributed by atoms with Crippen molar-refractivity contribution in [2.75, 3.05) is 338 Å². The third-order valence-corrected chi connectivity index (χ3v) is 26.5. The van der Waals surface area contributed by atoms with Gasteiger partial charge in [0.25, 0.3) is 0 Å². The van der Waals surface area contributed by atoms with Crippen molar-refractivity contribution in [3.63, 3.8) is 0 Å². The molecule has 1 amide bonds. The minimum absolute atomic E-state index is 0.101. The first-order valence-corrected chi connectivity index (χ1v) is 59.9. The predicted molar refractivity (Wildman–Crippen MR) is 576 cm³/mol. The lowest BCUT2D eigenvalue weighted by Gasteiger charge is -2.29. The van der Waals surface area contributed by atoms with Gasteiger partial charge in [-0.15, -0.1) is 0 Å². The van der Waals surface area contributed by atoms with Gasteiger partial charge in [-0.1, -0.05) is 20.3 Å². The number of nitrogens with one attached hydrogen (secondary N) is 1. The van der Waals surface area contributed by atoms with Gasteiger partial charge in [0.15, 0.2) is 0 Å². The van der Waals surface area contributed by atoms with E-state index >= 15 is 0 Å². The van der Waals surface area contributed by atoms with Gasteiger partial charge in [0, 0.05) is 166 Å². The Labute approximate surface area is 849 Å². The standard InChI is InChI=1S/C15H34NO2S.C13H25NO5S.C13H30NO2S.C12H27NO2S.C12H26O2S.C10H23NO2S.C10H22O5S2.C10H20O4S/c1-6-9-16(4,5)10-13-19-12-8-11-17-14-15(3)18-7-2;1-4-19-10(2)8-18-6-5-7-20-9-12(13(16)17)14-11(3)15;1-6-16-13(2)12-15-9-7-10-17-11-8-14(3,4)5;1-5-15-12(2)11-14-8-6-9-16-10-7-13(3)4;1-4-6-9-15-10-7-8-13-11-12(3)14-5-2;1-3-13-10(2)9-12-6-4-7-14-8-5-11;1-3-15-10(2)9-14-5-4-6-16-7-8-17(11,12)13;1-3-14-9(2)7-13-5-4-6-15-8-10(11)12/h15H,6-14H2,1-5H3;10,12H,4-9H2,1-3H3,(H,14,15)(H,16,17);13H,6-12H2,1-5H3;12H,5-11H2,1-4H3;12H,4-11H2,1-3H3;10H,3-9,11H2,1-2H3;10H,3-9H2,1-2H3,(H,11,12,13);9H,3-8H2,1-2H3,(H,11,12)/q+1;;+1;;;;;/p-1. The number of hydrogen-bond acceptors (Lipinski definition) is 32. The van der Waals surface area contributed by atoms with Crippen LogP contribution in [0.1, 0.15) is 202 Å². The lowest BCUT2D eigenvalue weighted by atomic mass is 10.3. The van der Waals surface area contributed by atoms with E-state index in [2.05, 4.69) is 101 Å². The van der Waals surface area contributed by atoms with E-state index < -0.39 is 28.1 Å². The summed E-state index contributed by atoms with van der Waals surface area (Å²) < 4.78 is 120. The van der Waals surface area contributed by atoms with E-state index in [0.29, 0.717) is 77.6 Å². The number of aliphatic carboxylic acids is 2. The monoisotopic (exact) mass is 2090 g/mol. The van der Waals surface area contributed by atoms with Gasteiger partial charge in [-0.2, -0.15) is 94.1 Å². The molecule has 29 nitrogen and oxygen atoms in total. The lowest BCUT2D eigenvalue weighted by Crippen LogP contribution is -2.42. The van der Waals surface area contributed by atoms with Crippen LogP contribution in [0.5, 0.6) is 0 Å². The third kappa shape index (κ3) is 150. The van der Waals surface area contributed by atoms with Crippen molar-refractivity contribution in [2.45, 2.75) is 257 Å². The van der Waals surface area contributed by atoms with Crippen LogP contribution in [0.25, 0.3) is 0 Å². The molecule has 0 aliphatic rings. The van der Waals surface area contributed by atoms with E-state index in [0.717, 1.165) is 195 Å². The number of amides is 1. The van der Waals surface area contributed by atoms with E-state index in [1.165, 1.54) is 127 Å². The van der Waals surface area contributed by atoms with E-state index in [9.17, 15) is 27.4 Å². The molecule has 9 atom stereocenters. The molecule has 0 aromatic carbocycles. The van der Waals surface area contributed by atoms with Crippen molar-refractivity contribution in [1.82, 2.24) is 10.2 Å². The van der Waals surface area contributed by atoms with Crippen molar-refractivity contribution in [3.8, 4) is 0 Å². The topological polar surface area (TPSA) is 338 Å². The summed E-state index contributed by atoms with van der Waals surface area (Å²) in [6.07, 6.45) is 13.7. The highest BCUT2D eigenvalue weighted by Gasteiger charge is 2.19. The highest BCUT2D eigenvalue weighted by molar-refractivity contribution is 8.01. The molecule has 0 aliphatic heterocycles. The van der Waals surface area contributed by atoms with Crippen molar-refractivity contribution in [1.29, 1.82) is 0 Å². The van der Waals surface area contributed by atoms with Crippen molar-refractivity contribution >= 4 is 122 Å². The molecular weight excluding hydrogens is 1880 g/mol. The summed E-state index contributed by atoms with van der Waals surface area (Å²) in [5, 5.41) is 19.7. The lowest BCUT2D eigenvalue weighted by molar-refractivity contribution is -0.887. The number of nitrogens with two attached hydrogens (primary N) is 1. The predicted octanol–water partition coefficient (Wildman–Crippen LogP) is 16.1. The summed E-state index contributed by atoms with van der Waals surface area (Å²) in [5.74, 6) is 13.0. The minimum atomic E-state index is -4.06. The van der Waals surface area contributed by atoms with Gasteiger partial charge in [-0.05, 0) is 241 Å². The maximum absolute atomic E-state index is 10.9. The molecule has 38 heteroatoms. The fourth-order valence-corrected chi connectivity index (χ4v) is 18.7. The second-order valence-electron chi connectivity index (χ2n) is 32.9. The van der Waals surface area contributed by atoms with Crippen LogP contribution in [-0.4, -0.2) is 448 Å². The number of quaternary nitrogens is 2. The third-order valence-electron chi connectivity index (χ3n) is 16.9. The molecule has 0 heterocycles. The Hall–Kier alpha value is 0.320. The molecule has 0 fully saturated rings. The Morgan fingerprint density at radius 2 is 0.632 bits per heavy atom. The number of nitrogens with zero attached hydrogens (tertiary/aromatic N) is 3. The van der Waals surface area contributed by atoms with Crippen LogP contribution < -0.4 is 11.1 Å². The maximum atomic E-state index is 10.9. The number of carbonyl (C=O) groups excluding carboxylic acids is 1. The Morgan fingerprint density at radius 3 is 0.880 bits per heavy atom. The van der Waals surface area contributed by atoms with Gasteiger partial charge >= 0.3 is 11.9 Å². The number of thioether (sulfide) groups is 8. The summed E-state index contributed by atoms with van der Waals surface area (Å²) >= 11 is 14.4. The molecule has 0 radical (unpaired) electrons. The first-order chi connectivity index (χ1) is 63.3. The largest absolute Gasteiger partial charge is 0.748 e. The summed E-state index contributed by atoms with van der Waals surface area (Å²) in [7, 11) is 11.5. The number of unbranched alkanes of at least 4 members (excludes halogenated alkanes) is 1. The zero-order valence-corrected chi connectivity index (χ0v) is 96.3. The number of carboxylic acids is 2. The molecule has 0 saturated heterocycles. The summed E-state index contributed by atoms with van der Waals surface area (Å²) in [6.45, 7) is 61.0. The normalized spacial score (nSPS) is 13.5. The van der Waals surface area contributed by atoms with Gasteiger partial charge in [-0.3, -0.25) is 9.59 Å². The summed E-state index contributed by atoms with van der Waals surface area (Å²) in [6, 6.07) is -0.823. The number of rotatable bonds is 89. The molecular formula is C95H206N5O24S9+. The van der Waals surface area contributed by atoms with Gasteiger partial charge in [-0.25, -0.2) is 13.2 Å². The highest BCUT2D eigenvalue weighted by Crippen LogP contribution is 2.13. The molecule has 0 rings (SSSR count). The van der Waals surface area contributed by atoms with E-state index in [1.807, 2.05) is 142 Å². The van der Waals surface area contributed by atoms with Crippen LogP contribution in [0.2, 0.25) is 0 Å².